The number of nitrogens with zero attached hydrogens (tertiary/aromatic N) is 4. The summed E-state index contributed by atoms with van der Waals surface area (Å²) in [7, 11) is 5.37. The molecule has 5 rings (SSSR count). The molecule has 0 radical (unpaired) electrons. The number of halogens is 1. The Kier molecular flexibility index (Phi) is 8.79. The second-order valence-electron chi connectivity index (χ2n) is 10.2. The Balaban J connectivity index is 1.26. The molecule has 4 aromatic rings. The molecule has 1 aromatic heterocycles. The summed E-state index contributed by atoms with van der Waals surface area (Å²) in [4.78, 5) is 25.0. The predicted molar refractivity (Wildman–Crippen MR) is 155 cm³/mol. The van der Waals surface area contributed by atoms with Gasteiger partial charge >= 0.3 is 0 Å². The van der Waals surface area contributed by atoms with Crippen LogP contribution in [0.1, 0.15) is 18.4 Å². The molecule has 0 aliphatic carbocycles. The maximum absolute atomic E-state index is 13.5. The number of anilines is 2. The number of likely N-dealkylation sites (tertiary alicyclic amines) is 1. The van der Waals surface area contributed by atoms with Crippen molar-refractivity contribution in [3.8, 4) is 17.2 Å². The maximum Gasteiger partial charge on any atom is 0.236 e. The van der Waals surface area contributed by atoms with Crippen LogP contribution in [0, 0.1) is 5.82 Å². The number of likely N-dealkylation sites (N-methyl/N-ethyl adjacent to an activating group) is 1. The van der Waals surface area contributed by atoms with Gasteiger partial charge in [0.2, 0.25) is 5.91 Å². The second-order valence-corrected chi connectivity index (χ2v) is 10.2. The summed E-state index contributed by atoms with van der Waals surface area (Å²) in [6, 6.07) is 17.5. The lowest BCUT2D eigenvalue weighted by Crippen LogP contribution is -2.44. The molecule has 0 bridgehead atoms. The number of fused-ring (bicyclic) bond motifs is 1. The molecule has 0 spiro atoms. The number of aromatic nitrogens is 2. The number of methoxy groups -OCH3 is 1. The van der Waals surface area contributed by atoms with Gasteiger partial charge < -0.3 is 29.3 Å². The lowest BCUT2D eigenvalue weighted by atomic mass is 10.1. The Morgan fingerprint density at radius 3 is 2.63 bits per heavy atom. The molecule has 3 aromatic carbocycles. The van der Waals surface area contributed by atoms with Gasteiger partial charge in [0.25, 0.3) is 0 Å². The molecule has 0 saturated carbocycles. The van der Waals surface area contributed by atoms with Crippen molar-refractivity contribution in [2.24, 2.45) is 0 Å². The Labute approximate surface area is 238 Å². The summed E-state index contributed by atoms with van der Waals surface area (Å²) >= 11 is 0. The normalized spacial score (nSPS) is 13.8. The Morgan fingerprint density at radius 2 is 1.88 bits per heavy atom. The van der Waals surface area contributed by atoms with Gasteiger partial charge in [0.15, 0.2) is 11.5 Å². The number of ether oxygens (including phenoxy) is 3. The van der Waals surface area contributed by atoms with Crippen molar-refractivity contribution in [3.05, 3.63) is 78.4 Å². The van der Waals surface area contributed by atoms with Gasteiger partial charge in [-0.25, -0.2) is 14.4 Å². The minimum Gasteiger partial charge on any atom is -0.493 e. The maximum atomic E-state index is 13.5. The van der Waals surface area contributed by atoms with Crippen LogP contribution in [0.4, 0.5) is 15.9 Å². The molecule has 41 heavy (non-hydrogen) atoms. The van der Waals surface area contributed by atoms with Gasteiger partial charge in [-0.1, -0.05) is 12.1 Å². The fraction of sp³-hybridized carbons (Fsp3) is 0.323. The summed E-state index contributed by atoms with van der Waals surface area (Å²) in [5.41, 5.74) is 2.25. The van der Waals surface area contributed by atoms with Crippen LogP contribution in [0.15, 0.2) is 67.0 Å². The van der Waals surface area contributed by atoms with E-state index >= 15 is 0 Å². The lowest BCUT2D eigenvalue weighted by Gasteiger charge is -2.32. The van der Waals surface area contributed by atoms with Gasteiger partial charge in [-0.2, -0.15) is 0 Å². The van der Waals surface area contributed by atoms with Gasteiger partial charge in [-0.3, -0.25) is 4.79 Å². The predicted octanol–water partition coefficient (Wildman–Crippen LogP) is 5.03. The van der Waals surface area contributed by atoms with Crippen molar-refractivity contribution in [2.75, 3.05) is 46.2 Å². The smallest absolute Gasteiger partial charge is 0.236 e. The summed E-state index contributed by atoms with van der Waals surface area (Å²) in [5.74, 6) is 2.27. The van der Waals surface area contributed by atoms with E-state index in [0.29, 0.717) is 37.0 Å². The van der Waals surface area contributed by atoms with E-state index in [4.69, 9.17) is 14.2 Å². The highest BCUT2D eigenvalue weighted by atomic mass is 19.1. The highest BCUT2D eigenvalue weighted by molar-refractivity contribution is 5.91. The van der Waals surface area contributed by atoms with Gasteiger partial charge in [0.1, 0.15) is 36.4 Å². The first-order valence-corrected chi connectivity index (χ1v) is 13.5. The molecule has 9 nitrogen and oxygen atoms in total. The molecule has 1 aliphatic heterocycles. The topological polar surface area (TPSA) is 89.0 Å². The van der Waals surface area contributed by atoms with E-state index in [1.165, 1.54) is 18.5 Å². The first-order chi connectivity index (χ1) is 19.9. The molecule has 0 unspecified atom stereocenters. The molecular formula is C31H34FN5O4. The van der Waals surface area contributed by atoms with Crippen molar-refractivity contribution in [1.29, 1.82) is 0 Å². The molecule has 2 heterocycles. The van der Waals surface area contributed by atoms with E-state index in [0.717, 1.165) is 40.7 Å². The highest BCUT2D eigenvalue weighted by Crippen LogP contribution is 2.34. The van der Waals surface area contributed by atoms with Crippen LogP contribution >= 0.6 is 0 Å². The fourth-order valence-corrected chi connectivity index (χ4v) is 4.78. The monoisotopic (exact) mass is 559 g/mol. The van der Waals surface area contributed by atoms with Gasteiger partial charge in [-0.15, -0.1) is 0 Å². The number of hydrogen-bond donors (Lipinski definition) is 1. The second kappa shape index (κ2) is 12.8. The van der Waals surface area contributed by atoms with Crippen LogP contribution in [0.25, 0.3) is 10.9 Å². The van der Waals surface area contributed by atoms with Crippen molar-refractivity contribution in [1.82, 2.24) is 19.8 Å². The van der Waals surface area contributed by atoms with E-state index in [1.807, 2.05) is 54.2 Å². The molecule has 1 aliphatic rings. The number of rotatable bonds is 10. The average molecular weight is 560 g/mol. The van der Waals surface area contributed by atoms with Gasteiger partial charge in [0, 0.05) is 43.1 Å². The molecule has 214 valence electrons. The van der Waals surface area contributed by atoms with Crippen molar-refractivity contribution >= 4 is 28.3 Å². The Hall–Kier alpha value is -4.44. The molecule has 1 saturated heterocycles. The van der Waals surface area contributed by atoms with E-state index in [1.54, 1.807) is 25.3 Å². The number of carbonyl (C=O) groups is 1. The van der Waals surface area contributed by atoms with Crippen LogP contribution in [-0.4, -0.2) is 72.6 Å². The SMILES string of the molecule is COc1cc(Nc2ncnc3ccc(OC4CCN(C(=O)CN(C)C)CC4)cc23)ccc1OCc1cccc(F)c1. The van der Waals surface area contributed by atoms with Crippen LogP contribution in [-0.2, 0) is 11.4 Å². The fourth-order valence-electron chi connectivity index (χ4n) is 4.78. The number of nitrogens with one attached hydrogen (secondary N) is 1. The first-order valence-electron chi connectivity index (χ1n) is 13.5. The zero-order valence-electron chi connectivity index (χ0n) is 23.5. The van der Waals surface area contributed by atoms with E-state index in [-0.39, 0.29) is 24.4 Å². The number of hydrogen-bond acceptors (Lipinski definition) is 8. The number of carbonyl (C=O) groups excluding carboxylic acids is 1. The minimum atomic E-state index is -0.305. The molecule has 10 heteroatoms. The Bertz CT molecular complexity index is 1510. The average Bonchev–Trinajstić information content (AvgIpc) is 2.97. The molecule has 1 fully saturated rings. The first kappa shape index (κ1) is 28.1. The summed E-state index contributed by atoms with van der Waals surface area (Å²) in [6.45, 7) is 2.00. The van der Waals surface area contributed by atoms with Gasteiger partial charge in [0.05, 0.1) is 19.2 Å². The Morgan fingerprint density at radius 1 is 1.05 bits per heavy atom. The zero-order valence-corrected chi connectivity index (χ0v) is 23.5. The van der Waals surface area contributed by atoms with Crippen LogP contribution in [0.3, 0.4) is 0 Å². The molecular weight excluding hydrogens is 525 g/mol. The number of benzene rings is 3. The third-order valence-electron chi connectivity index (χ3n) is 6.87. The van der Waals surface area contributed by atoms with Crippen molar-refractivity contribution in [2.45, 2.75) is 25.6 Å². The van der Waals surface area contributed by atoms with E-state index in [2.05, 4.69) is 15.3 Å². The number of piperidine rings is 1. The van der Waals surface area contributed by atoms with Crippen LogP contribution in [0.2, 0.25) is 0 Å². The quantitative estimate of drug-likeness (QED) is 0.289. The van der Waals surface area contributed by atoms with Crippen LogP contribution in [0.5, 0.6) is 17.2 Å². The van der Waals surface area contributed by atoms with E-state index < -0.39 is 0 Å². The third-order valence-corrected chi connectivity index (χ3v) is 6.87. The van der Waals surface area contributed by atoms with Gasteiger partial charge in [-0.05, 0) is 62.1 Å². The van der Waals surface area contributed by atoms with Crippen LogP contribution < -0.4 is 19.5 Å². The number of amides is 1. The lowest BCUT2D eigenvalue weighted by molar-refractivity contribution is -0.133. The minimum absolute atomic E-state index is 0.0288. The van der Waals surface area contributed by atoms with Crippen molar-refractivity contribution < 1.29 is 23.4 Å². The molecule has 0 atom stereocenters. The third kappa shape index (κ3) is 7.20. The standard InChI is InChI=1S/C31H34FN5O4/c1-36(2)18-30(38)37-13-11-24(12-14-37)41-25-8-9-27-26(17-25)31(34-20-33-27)35-23-7-10-28(29(16-23)39-3)40-19-21-5-4-6-22(32)15-21/h4-10,15-17,20,24H,11-14,18-19H2,1-3H3,(H,33,34,35). The summed E-state index contributed by atoms with van der Waals surface area (Å²) in [6.07, 6.45) is 3.10. The summed E-state index contributed by atoms with van der Waals surface area (Å²) in [5, 5.41) is 4.17. The largest absolute Gasteiger partial charge is 0.493 e. The molecule has 1 amide bonds. The zero-order chi connectivity index (χ0) is 28.8. The molecule has 1 N–H and O–H groups in total. The highest BCUT2D eigenvalue weighted by Gasteiger charge is 2.24. The van der Waals surface area contributed by atoms with E-state index in [9.17, 15) is 9.18 Å². The summed E-state index contributed by atoms with van der Waals surface area (Å²) < 4.78 is 31.2. The van der Waals surface area contributed by atoms with Crippen molar-refractivity contribution in [3.63, 3.8) is 0 Å².